The highest BCUT2D eigenvalue weighted by Gasteiger charge is 2.25. The van der Waals surface area contributed by atoms with E-state index >= 15 is 0 Å². The predicted octanol–water partition coefficient (Wildman–Crippen LogP) is 0.564. The van der Waals surface area contributed by atoms with Gasteiger partial charge in [0.2, 0.25) is 0 Å². The van der Waals surface area contributed by atoms with E-state index in [1.54, 1.807) is 18.3 Å². The molecule has 1 fully saturated rings. The highest BCUT2D eigenvalue weighted by atomic mass is 32.2. The van der Waals surface area contributed by atoms with Crippen molar-refractivity contribution in [3.63, 3.8) is 0 Å². The second kappa shape index (κ2) is 7.31. The third kappa shape index (κ3) is 4.23. The molecule has 0 saturated carbocycles. The first-order valence-electron chi connectivity index (χ1n) is 7.40. The van der Waals surface area contributed by atoms with E-state index in [0.717, 1.165) is 31.5 Å². The molecule has 1 aliphatic rings. The van der Waals surface area contributed by atoms with Crippen molar-refractivity contribution < 1.29 is 8.42 Å². The largest absolute Gasteiger partial charge is 0.316 e. The van der Waals surface area contributed by atoms with Crippen LogP contribution < -0.4 is 10.0 Å². The van der Waals surface area contributed by atoms with E-state index in [2.05, 4.69) is 26.8 Å². The number of likely N-dealkylation sites (N-methyl/N-ethyl adjacent to an activating group) is 1. The smallest absolute Gasteiger partial charge is 0.258 e. The van der Waals surface area contributed by atoms with Crippen molar-refractivity contribution in [2.75, 3.05) is 26.7 Å². The summed E-state index contributed by atoms with van der Waals surface area (Å²) in [5.74, 6) is 0. The van der Waals surface area contributed by atoms with Crippen LogP contribution in [0.2, 0.25) is 0 Å². The molecule has 21 heavy (non-hydrogen) atoms. The Hall–Kier alpha value is -1.02. The Morgan fingerprint density at radius 1 is 1.43 bits per heavy atom. The van der Waals surface area contributed by atoms with Gasteiger partial charge in [-0.1, -0.05) is 13.0 Å². The SMILES string of the molecule is CCN1CCCC1CNS(=O)(=O)c1ccc(CNC)cn1. The minimum Gasteiger partial charge on any atom is -0.316 e. The van der Waals surface area contributed by atoms with Crippen LogP contribution in [0.5, 0.6) is 0 Å². The second-order valence-corrected chi connectivity index (χ2v) is 7.03. The van der Waals surface area contributed by atoms with Gasteiger partial charge in [-0.05, 0) is 44.6 Å². The van der Waals surface area contributed by atoms with Gasteiger partial charge in [0.15, 0.2) is 5.03 Å². The predicted molar refractivity (Wildman–Crippen MR) is 82.5 cm³/mol. The Morgan fingerprint density at radius 2 is 2.24 bits per heavy atom. The van der Waals surface area contributed by atoms with Crippen molar-refractivity contribution in [2.24, 2.45) is 0 Å². The average molecular weight is 312 g/mol. The lowest BCUT2D eigenvalue weighted by Gasteiger charge is -2.22. The average Bonchev–Trinajstić information content (AvgIpc) is 2.94. The van der Waals surface area contributed by atoms with E-state index in [1.165, 1.54) is 0 Å². The fourth-order valence-electron chi connectivity index (χ4n) is 2.70. The van der Waals surface area contributed by atoms with Crippen LogP contribution in [0.25, 0.3) is 0 Å². The second-order valence-electron chi connectivity index (χ2n) is 5.31. The molecule has 0 spiro atoms. The zero-order valence-corrected chi connectivity index (χ0v) is 13.5. The molecule has 2 heterocycles. The minimum absolute atomic E-state index is 0.0865. The van der Waals surface area contributed by atoms with Crippen LogP contribution in [-0.2, 0) is 16.6 Å². The number of sulfonamides is 1. The summed E-state index contributed by atoms with van der Waals surface area (Å²) in [4.78, 5) is 6.36. The summed E-state index contributed by atoms with van der Waals surface area (Å²) in [6.07, 6.45) is 3.78. The van der Waals surface area contributed by atoms with Crippen LogP contribution in [0.3, 0.4) is 0 Å². The maximum Gasteiger partial charge on any atom is 0.258 e. The molecule has 0 amide bonds. The highest BCUT2D eigenvalue weighted by molar-refractivity contribution is 7.89. The van der Waals surface area contributed by atoms with Gasteiger partial charge in [-0.3, -0.25) is 4.90 Å². The molecule has 1 aromatic heterocycles. The van der Waals surface area contributed by atoms with Crippen LogP contribution in [0.1, 0.15) is 25.3 Å². The Balaban J connectivity index is 1.97. The third-order valence-corrected chi connectivity index (χ3v) is 5.21. The Morgan fingerprint density at radius 3 is 2.86 bits per heavy atom. The van der Waals surface area contributed by atoms with Crippen molar-refractivity contribution in [1.29, 1.82) is 0 Å². The first-order valence-corrected chi connectivity index (χ1v) is 8.88. The van der Waals surface area contributed by atoms with E-state index in [-0.39, 0.29) is 5.03 Å². The molecular weight excluding hydrogens is 288 g/mol. The molecule has 0 aromatic carbocycles. The fourth-order valence-corrected chi connectivity index (χ4v) is 3.70. The molecule has 2 rings (SSSR count). The van der Waals surface area contributed by atoms with Gasteiger partial charge in [-0.25, -0.2) is 18.1 Å². The first-order chi connectivity index (χ1) is 10.1. The van der Waals surface area contributed by atoms with Crippen LogP contribution in [0, 0.1) is 0 Å². The number of rotatable bonds is 7. The molecule has 1 unspecified atom stereocenters. The standard InChI is InChI=1S/C14H24N4O2S/c1-3-18-8-4-5-13(18)11-17-21(19,20)14-7-6-12(9-15-2)10-16-14/h6-7,10,13,15,17H,3-5,8-9,11H2,1-2H3. The molecule has 0 aliphatic carbocycles. The number of nitrogens with zero attached hydrogens (tertiary/aromatic N) is 2. The fraction of sp³-hybridized carbons (Fsp3) is 0.643. The number of pyridine rings is 1. The minimum atomic E-state index is -3.52. The zero-order chi connectivity index (χ0) is 15.3. The molecule has 1 atom stereocenters. The molecule has 118 valence electrons. The third-order valence-electron chi connectivity index (χ3n) is 3.87. The highest BCUT2D eigenvalue weighted by Crippen LogP contribution is 2.16. The maximum absolute atomic E-state index is 12.2. The lowest BCUT2D eigenvalue weighted by atomic mass is 10.2. The van der Waals surface area contributed by atoms with Gasteiger partial charge < -0.3 is 5.32 Å². The normalized spacial score (nSPS) is 20.0. The quantitative estimate of drug-likeness (QED) is 0.770. The van der Waals surface area contributed by atoms with Crippen LogP contribution >= 0.6 is 0 Å². The van der Waals surface area contributed by atoms with Crippen LogP contribution in [-0.4, -0.2) is 51.0 Å². The molecule has 0 radical (unpaired) electrons. The molecule has 7 heteroatoms. The van der Waals surface area contributed by atoms with Crippen LogP contribution in [0.15, 0.2) is 23.4 Å². The molecular formula is C14H24N4O2S. The molecule has 0 bridgehead atoms. The van der Waals surface area contributed by atoms with E-state index in [4.69, 9.17) is 0 Å². The van der Waals surface area contributed by atoms with Gasteiger partial charge >= 0.3 is 0 Å². The van der Waals surface area contributed by atoms with Gasteiger partial charge in [-0.2, -0.15) is 0 Å². The van der Waals surface area contributed by atoms with E-state index in [0.29, 0.717) is 19.1 Å². The molecule has 6 nitrogen and oxygen atoms in total. The summed E-state index contributed by atoms with van der Waals surface area (Å²) < 4.78 is 27.2. The Kier molecular flexibility index (Phi) is 5.69. The molecule has 1 aliphatic heterocycles. The van der Waals surface area contributed by atoms with Gasteiger partial charge in [0, 0.05) is 25.3 Å². The van der Waals surface area contributed by atoms with Gasteiger partial charge in [0.1, 0.15) is 0 Å². The Bertz CT molecular complexity index is 545. The Labute approximate surface area is 127 Å². The summed E-state index contributed by atoms with van der Waals surface area (Å²) in [5.41, 5.74) is 0.962. The summed E-state index contributed by atoms with van der Waals surface area (Å²) in [6, 6.07) is 3.64. The van der Waals surface area contributed by atoms with Gasteiger partial charge in [-0.15, -0.1) is 0 Å². The van der Waals surface area contributed by atoms with E-state index in [1.807, 2.05) is 7.05 Å². The van der Waals surface area contributed by atoms with Gasteiger partial charge in [0.25, 0.3) is 10.0 Å². The van der Waals surface area contributed by atoms with E-state index in [9.17, 15) is 8.42 Å². The van der Waals surface area contributed by atoms with Crippen molar-refractivity contribution in [3.05, 3.63) is 23.9 Å². The first kappa shape index (κ1) is 16.4. The van der Waals surface area contributed by atoms with Gasteiger partial charge in [0.05, 0.1) is 0 Å². The number of hydrogen-bond acceptors (Lipinski definition) is 5. The molecule has 2 N–H and O–H groups in total. The number of nitrogens with one attached hydrogen (secondary N) is 2. The lowest BCUT2D eigenvalue weighted by Crippen LogP contribution is -2.40. The summed E-state index contributed by atoms with van der Waals surface area (Å²) in [6.45, 7) is 5.25. The van der Waals surface area contributed by atoms with Crippen molar-refractivity contribution >= 4 is 10.0 Å². The van der Waals surface area contributed by atoms with Crippen molar-refractivity contribution in [2.45, 2.75) is 37.4 Å². The number of hydrogen-bond donors (Lipinski definition) is 2. The summed E-state index contributed by atoms with van der Waals surface area (Å²) in [7, 11) is -1.68. The van der Waals surface area contributed by atoms with Crippen LogP contribution in [0.4, 0.5) is 0 Å². The summed E-state index contributed by atoms with van der Waals surface area (Å²) >= 11 is 0. The molecule has 1 aromatic rings. The van der Waals surface area contributed by atoms with Crippen molar-refractivity contribution in [3.8, 4) is 0 Å². The van der Waals surface area contributed by atoms with E-state index < -0.39 is 10.0 Å². The summed E-state index contributed by atoms with van der Waals surface area (Å²) in [5, 5.41) is 3.09. The maximum atomic E-state index is 12.2. The monoisotopic (exact) mass is 312 g/mol. The topological polar surface area (TPSA) is 74.3 Å². The molecule has 1 saturated heterocycles. The van der Waals surface area contributed by atoms with Crippen molar-refractivity contribution in [1.82, 2.24) is 19.9 Å². The number of aromatic nitrogens is 1. The lowest BCUT2D eigenvalue weighted by molar-refractivity contribution is 0.268. The number of likely N-dealkylation sites (tertiary alicyclic amines) is 1. The zero-order valence-electron chi connectivity index (χ0n) is 12.7.